The fourth-order valence-electron chi connectivity index (χ4n) is 6.68. The average molecular weight is 771 g/mol. The van der Waals surface area contributed by atoms with Crippen LogP contribution < -0.4 is 36.9 Å². The Bertz CT molecular complexity index is 1980. The smallest absolute Gasteiger partial charge is 0.326 e. The summed E-state index contributed by atoms with van der Waals surface area (Å²) >= 11 is 0. The van der Waals surface area contributed by atoms with E-state index in [1.165, 1.54) is 0 Å². The third-order valence-corrected chi connectivity index (χ3v) is 9.69. The van der Waals surface area contributed by atoms with Crippen LogP contribution in [-0.2, 0) is 32.1 Å². The van der Waals surface area contributed by atoms with Crippen LogP contribution in [0.3, 0.4) is 0 Å². The van der Waals surface area contributed by atoms with Crippen molar-refractivity contribution in [1.82, 2.24) is 16.0 Å². The minimum atomic E-state index is -1.25. The van der Waals surface area contributed by atoms with Gasteiger partial charge in [0.1, 0.15) is 35.7 Å². The van der Waals surface area contributed by atoms with Gasteiger partial charge in [-0.15, -0.1) is 0 Å². The molecule has 0 saturated carbocycles. The Balaban J connectivity index is 1.40. The highest BCUT2D eigenvalue weighted by Crippen LogP contribution is 2.42. The van der Waals surface area contributed by atoms with Crippen LogP contribution in [0.1, 0.15) is 94.2 Å². The second-order valence-electron chi connectivity index (χ2n) is 14.6. The summed E-state index contributed by atoms with van der Waals surface area (Å²) in [6.07, 6.45) is -0.111. The highest BCUT2D eigenvalue weighted by Gasteiger charge is 2.34. The lowest BCUT2D eigenvalue weighted by molar-refractivity contribution is -0.142. The third kappa shape index (κ3) is 10.6. The summed E-state index contributed by atoms with van der Waals surface area (Å²) in [4.78, 5) is 71.0. The summed E-state index contributed by atoms with van der Waals surface area (Å²) in [5.74, 6) is -2.54. The Hall–Kier alpha value is -5.96. The highest BCUT2D eigenvalue weighted by atomic mass is 16.7. The number of aliphatic carboxylic acids is 1. The summed E-state index contributed by atoms with van der Waals surface area (Å²) in [6.45, 7) is 7.91. The SMILES string of the molecule is Cc1cc2c(cc1C)C(=O)C[C@H](c1cc(C(=O)N[C@H](Cc3ccccc3)C(=O)N[C@@H](CC(C)C)C(=O)N[C@@H](CCCN=C(N)N)C(=O)O)cc3c1OCOC3)O2. The van der Waals surface area contributed by atoms with Gasteiger partial charge in [0.2, 0.25) is 11.8 Å². The lowest BCUT2D eigenvalue weighted by Crippen LogP contribution is -2.56. The van der Waals surface area contributed by atoms with Gasteiger partial charge in [0, 0.05) is 29.7 Å². The topological polar surface area (TPSA) is 234 Å². The maximum Gasteiger partial charge on any atom is 0.326 e. The van der Waals surface area contributed by atoms with Crippen molar-refractivity contribution in [2.75, 3.05) is 13.3 Å². The van der Waals surface area contributed by atoms with Crippen LogP contribution in [0.5, 0.6) is 11.5 Å². The molecule has 0 aromatic heterocycles. The lowest BCUT2D eigenvalue weighted by Gasteiger charge is -2.30. The molecule has 8 N–H and O–H groups in total. The van der Waals surface area contributed by atoms with Crippen LogP contribution in [0.2, 0.25) is 0 Å². The van der Waals surface area contributed by atoms with Gasteiger partial charge in [-0.05, 0) is 80.0 Å². The minimum absolute atomic E-state index is 0.0171. The molecule has 0 unspecified atom stereocenters. The number of carbonyl (C=O) groups excluding carboxylic acids is 4. The first-order chi connectivity index (χ1) is 26.7. The molecule has 0 radical (unpaired) electrons. The van der Waals surface area contributed by atoms with Gasteiger partial charge in [0.05, 0.1) is 18.6 Å². The van der Waals surface area contributed by atoms with Crippen molar-refractivity contribution in [3.8, 4) is 11.5 Å². The molecular weight excluding hydrogens is 720 g/mol. The maximum atomic E-state index is 14.2. The van der Waals surface area contributed by atoms with Crippen LogP contribution in [-0.4, -0.2) is 72.0 Å². The van der Waals surface area contributed by atoms with Gasteiger partial charge in [-0.25, -0.2) is 4.79 Å². The van der Waals surface area contributed by atoms with E-state index >= 15 is 0 Å². The van der Waals surface area contributed by atoms with Crippen molar-refractivity contribution >= 4 is 35.4 Å². The van der Waals surface area contributed by atoms with Gasteiger partial charge in [-0.2, -0.15) is 0 Å². The molecule has 2 heterocycles. The number of nitrogens with zero attached hydrogens (tertiary/aromatic N) is 1. The number of aliphatic imine (C=N–C) groups is 1. The molecule has 0 bridgehead atoms. The number of Topliss-reactive ketones (excluding diaryl/α,β-unsaturated/α-hetero) is 1. The van der Waals surface area contributed by atoms with Gasteiger partial charge < -0.3 is 46.7 Å². The van der Waals surface area contributed by atoms with Crippen LogP contribution in [0.25, 0.3) is 0 Å². The number of nitrogens with two attached hydrogens (primary N) is 2. The molecule has 3 aromatic rings. The van der Waals surface area contributed by atoms with Crippen molar-refractivity contribution < 1.29 is 43.3 Å². The molecule has 3 amide bonds. The molecule has 15 heteroatoms. The Morgan fingerprint density at radius 3 is 2.32 bits per heavy atom. The molecule has 0 aliphatic carbocycles. The molecule has 4 atom stereocenters. The second-order valence-corrected chi connectivity index (χ2v) is 14.6. The number of rotatable bonds is 16. The van der Waals surface area contributed by atoms with Crippen LogP contribution in [0.4, 0.5) is 0 Å². The summed E-state index contributed by atoms with van der Waals surface area (Å²) < 4.78 is 17.8. The molecule has 298 valence electrons. The van der Waals surface area contributed by atoms with Gasteiger partial charge in [-0.3, -0.25) is 24.2 Å². The molecule has 0 saturated heterocycles. The lowest BCUT2D eigenvalue weighted by atomic mass is 9.91. The number of hydrogen-bond acceptors (Lipinski definition) is 9. The summed E-state index contributed by atoms with van der Waals surface area (Å²) in [5.41, 5.74) is 15.2. The van der Waals surface area contributed by atoms with E-state index < -0.39 is 47.9 Å². The quantitative estimate of drug-likeness (QED) is 0.0702. The minimum Gasteiger partial charge on any atom is -0.484 e. The first-order valence-corrected chi connectivity index (χ1v) is 18.6. The van der Waals surface area contributed by atoms with Crippen molar-refractivity contribution in [1.29, 1.82) is 0 Å². The first kappa shape index (κ1) is 41.2. The number of aryl methyl sites for hydroxylation is 2. The number of ketones is 1. The van der Waals surface area contributed by atoms with Gasteiger partial charge in [0.15, 0.2) is 18.5 Å². The molecule has 56 heavy (non-hydrogen) atoms. The number of amides is 3. The van der Waals surface area contributed by atoms with E-state index in [2.05, 4.69) is 20.9 Å². The zero-order valence-electron chi connectivity index (χ0n) is 32.1. The molecule has 3 aromatic carbocycles. The number of carboxylic acids is 1. The largest absolute Gasteiger partial charge is 0.484 e. The molecule has 0 fully saturated rings. The van der Waals surface area contributed by atoms with Crippen molar-refractivity contribution in [3.63, 3.8) is 0 Å². The van der Waals surface area contributed by atoms with Crippen LogP contribution >= 0.6 is 0 Å². The van der Waals surface area contributed by atoms with E-state index in [0.29, 0.717) is 34.6 Å². The number of fused-ring (bicyclic) bond motifs is 2. The fourth-order valence-corrected chi connectivity index (χ4v) is 6.68. The van der Waals surface area contributed by atoms with E-state index in [1.807, 2.05) is 70.2 Å². The molecule has 5 rings (SSSR count). The van der Waals surface area contributed by atoms with E-state index in [1.54, 1.807) is 12.1 Å². The van der Waals surface area contributed by atoms with Gasteiger partial charge in [-0.1, -0.05) is 44.2 Å². The highest BCUT2D eigenvalue weighted by molar-refractivity contribution is 6.01. The van der Waals surface area contributed by atoms with Gasteiger partial charge >= 0.3 is 5.97 Å². The van der Waals surface area contributed by atoms with E-state index in [4.69, 9.17) is 25.7 Å². The van der Waals surface area contributed by atoms with E-state index in [-0.39, 0.29) is 68.9 Å². The number of guanidine groups is 1. The second kappa shape index (κ2) is 18.6. The number of benzene rings is 3. The summed E-state index contributed by atoms with van der Waals surface area (Å²) in [6, 6.07) is 12.4. The Morgan fingerprint density at radius 2 is 1.62 bits per heavy atom. The maximum absolute atomic E-state index is 14.2. The normalized spacial score (nSPS) is 16.2. The third-order valence-electron chi connectivity index (χ3n) is 9.69. The van der Waals surface area contributed by atoms with Crippen molar-refractivity contribution in [3.05, 3.63) is 93.5 Å². The van der Waals surface area contributed by atoms with Crippen molar-refractivity contribution in [2.24, 2.45) is 22.4 Å². The fraction of sp³-hybridized carbons (Fsp3) is 0.415. The van der Waals surface area contributed by atoms with E-state index in [9.17, 15) is 29.1 Å². The van der Waals surface area contributed by atoms with E-state index in [0.717, 1.165) is 16.7 Å². The summed E-state index contributed by atoms with van der Waals surface area (Å²) in [7, 11) is 0. The molecule has 0 spiro atoms. The number of carboxylic acid groups (broad SMARTS) is 1. The Morgan fingerprint density at radius 1 is 0.929 bits per heavy atom. The van der Waals surface area contributed by atoms with Crippen LogP contribution in [0.15, 0.2) is 59.6 Å². The predicted octanol–water partition coefficient (Wildman–Crippen LogP) is 3.37. The number of carbonyl (C=O) groups is 5. The zero-order valence-corrected chi connectivity index (χ0v) is 32.1. The Kier molecular flexibility index (Phi) is 13.7. The zero-order chi connectivity index (χ0) is 40.5. The molecule has 15 nitrogen and oxygen atoms in total. The number of hydrogen-bond donors (Lipinski definition) is 6. The van der Waals surface area contributed by atoms with Crippen LogP contribution in [0, 0.1) is 19.8 Å². The average Bonchev–Trinajstić information content (AvgIpc) is 3.15. The monoisotopic (exact) mass is 770 g/mol. The molecule has 2 aliphatic heterocycles. The predicted molar refractivity (Wildman–Crippen MR) is 207 cm³/mol. The van der Waals surface area contributed by atoms with Crippen molar-refractivity contribution in [2.45, 2.75) is 90.6 Å². The summed E-state index contributed by atoms with van der Waals surface area (Å²) in [5, 5.41) is 18.0. The van der Waals surface area contributed by atoms with Gasteiger partial charge in [0.25, 0.3) is 5.91 Å². The Labute approximate surface area is 325 Å². The molecular formula is C41H50N6O9. The standard InChI is InChI=1S/C41H50N6O9/c1-22(2)13-31(38(50)45-30(40(52)53)11-8-12-44-41(42)43)47-39(51)32(16-25-9-6-5-7-10-25)46-37(49)26-17-27-20-54-21-55-36(27)29(18-26)35-19-33(48)28-14-23(3)24(4)15-34(28)56-35/h5-7,9-10,14-15,17-18,22,30-32,35H,8,11-13,16,19-21H2,1-4H3,(H,45,50)(H,46,49)(H,47,51)(H,52,53)(H4,42,43,44)/t30-,31-,32+,35+/m0/s1. The number of nitrogens with one attached hydrogen (secondary N) is 3. The number of ether oxygens (including phenoxy) is 3. The first-order valence-electron chi connectivity index (χ1n) is 18.6. The molecule has 2 aliphatic rings.